The van der Waals surface area contributed by atoms with Crippen molar-refractivity contribution in [1.82, 2.24) is 9.97 Å². The molecule has 0 spiro atoms. The van der Waals surface area contributed by atoms with E-state index in [1.165, 1.54) is 36.6 Å². The van der Waals surface area contributed by atoms with Gasteiger partial charge in [-0.05, 0) is 50.0 Å². The van der Waals surface area contributed by atoms with Crippen LogP contribution in [0, 0.1) is 0 Å². The smallest absolute Gasteiger partial charge is 0.154 e. The average Bonchev–Trinajstić information content (AvgIpc) is 2.83. The van der Waals surface area contributed by atoms with E-state index in [9.17, 15) is 0 Å². The fourth-order valence-corrected chi connectivity index (χ4v) is 3.14. The van der Waals surface area contributed by atoms with Gasteiger partial charge in [-0.1, -0.05) is 31.9 Å². The quantitative estimate of drug-likeness (QED) is 0.828. The molecule has 116 valence electrons. The van der Waals surface area contributed by atoms with Crippen LogP contribution in [-0.2, 0) is 6.42 Å². The van der Waals surface area contributed by atoms with Crippen LogP contribution in [0.2, 0.25) is 0 Å². The van der Waals surface area contributed by atoms with Gasteiger partial charge in [-0.25, -0.2) is 9.97 Å². The Morgan fingerprint density at radius 2 is 1.86 bits per heavy atom. The second-order valence-electron chi connectivity index (χ2n) is 6.01. The zero-order valence-electron chi connectivity index (χ0n) is 13.7. The lowest BCUT2D eigenvalue weighted by atomic mass is 10.1. The summed E-state index contributed by atoms with van der Waals surface area (Å²) in [5, 5.41) is 1.19. The molecule has 0 unspecified atom stereocenters. The van der Waals surface area contributed by atoms with Crippen LogP contribution in [0.15, 0.2) is 24.3 Å². The van der Waals surface area contributed by atoms with Gasteiger partial charge >= 0.3 is 0 Å². The molecule has 1 fully saturated rings. The molecule has 0 N–H and O–H groups in total. The summed E-state index contributed by atoms with van der Waals surface area (Å²) in [6.45, 7) is 6.42. The summed E-state index contributed by atoms with van der Waals surface area (Å²) in [4.78, 5) is 12.0. The van der Waals surface area contributed by atoms with Crippen molar-refractivity contribution in [3.63, 3.8) is 0 Å². The first-order valence-corrected chi connectivity index (χ1v) is 8.50. The maximum absolute atomic E-state index is 4.84. The maximum Gasteiger partial charge on any atom is 0.154 e. The Hall–Kier alpha value is -1.90. The summed E-state index contributed by atoms with van der Waals surface area (Å²) in [5.74, 6) is 1.94. The molecule has 2 aromatic rings. The third kappa shape index (κ3) is 3.13. The summed E-state index contributed by atoms with van der Waals surface area (Å²) in [5.41, 5.74) is 2.40. The second kappa shape index (κ2) is 6.91. The third-order valence-electron chi connectivity index (χ3n) is 4.39. The molecule has 22 heavy (non-hydrogen) atoms. The Bertz CT molecular complexity index is 668. The van der Waals surface area contributed by atoms with Crippen LogP contribution >= 0.6 is 0 Å². The van der Waals surface area contributed by atoms with Crippen molar-refractivity contribution in [3.05, 3.63) is 35.7 Å². The molecule has 0 radical (unpaired) electrons. The van der Waals surface area contributed by atoms with Crippen molar-refractivity contribution in [1.29, 1.82) is 0 Å². The molecule has 1 aliphatic rings. The van der Waals surface area contributed by atoms with Crippen LogP contribution in [-0.4, -0.2) is 23.1 Å². The molecule has 1 aromatic carbocycles. The minimum Gasteiger partial charge on any atom is -0.356 e. The van der Waals surface area contributed by atoms with Crippen molar-refractivity contribution in [2.24, 2.45) is 0 Å². The first-order valence-electron chi connectivity index (χ1n) is 8.50. The molecule has 3 nitrogen and oxygen atoms in total. The van der Waals surface area contributed by atoms with E-state index < -0.39 is 0 Å². The molecule has 0 saturated carbocycles. The summed E-state index contributed by atoms with van der Waals surface area (Å²) in [7, 11) is 0. The van der Waals surface area contributed by atoms with Gasteiger partial charge in [-0.3, -0.25) is 0 Å². The topological polar surface area (TPSA) is 29.0 Å². The molecule has 2 heterocycles. The Morgan fingerprint density at radius 1 is 1.09 bits per heavy atom. The number of fused-ring (bicyclic) bond motifs is 1. The van der Waals surface area contributed by atoms with Crippen LogP contribution < -0.4 is 4.90 Å². The number of allylic oxidation sites excluding steroid dienone is 1. The normalized spacial score (nSPS) is 16.4. The molecule has 3 heteroatoms. The zero-order chi connectivity index (χ0) is 15.4. The van der Waals surface area contributed by atoms with E-state index in [0.29, 0.717) is 0 Å². The van der Waals surface area contributed by atoms with E-state index in [0.717, 1.165) is 36.7 Å². The van der Waals surface area contributed by atoms with Gasteiger partial charge in [-0.15, -0.1) is 0 Å². The van der Waals surface area contributed by atoms with E-state index in [-0.39, 0.29) is 0 Å². The van der Waals surface area contributed by atoms with E-state index in [4.69, 9.17) is 9.97 Å². The number of aryl methyl sites for hydroxylation is 1. The molecule has 1 saturated heterocycles. The van der Waals surface area contributed by atoms with Gasteiger partial charge in [0.15, 0.2) is 5.82 Å². The number of benzene rings is 1. The number of aromatic nitrogens is 2. The highest BCUT2D eigenvalue weighted by Gasteiger charge is 2.16. The van der Waals surface area contributed by atoms with Gasteiger partial charge < -0.3 is 4.90 Å². The SMILES string of the molecule is C/C=C/c1nc(N2CCCCCC2)c2ccc(CC)cc2n1. The van der Waals surface area contributed by atoms with E-state index in [1.54, 1.807) is 0 Å². The lowest BCUT2D eigenvalue weighted by Gasteiger charge is -2.23. The Balaban J connectivity index is 2.12. The van der Waals surface area contributed by atoms with Crippen molar-refractivity contribution in [2.75, 3.05) is 18.0 Å². The second-order valence-corrected chi connectivity index (χ2v) is 6.01. The lowest BCUT2D eigenvalue weighted by Crippen LogP contribution is -2.25. The van der Waals surface area contributed by atoms with Gasteiger partial charge in [0.2, 0.25) is 0 Å². The van der Waals surface area contributed by atoms with Gasteiger partial charge in [0, 0.05) is 18.5 Å². The molecule has 0 amide bonds. The van der Waals surface area contributed by atoms with Crippen LogP contribution in [0.5, 0.6) is 0 Å². The average molecular weight is 295 g/mol. The predicted octanol–water partition coefficient (Wildman–Crippen LogP) is 4.61. The standard InChI is InChI=1S/C19H25N3/c1-3-9-18-20-17-14-15(4-2)10-11-16(17)19(21-18)22-12-7-5-6-8-13-22/h3,9-11,14H,4-8,12-13H2,1-2H3/b9-3+. The maximum atomic E-state index is 4.84. The van der Waals surface area contributed by atoms with Gasteiger partial charge in [0.05, 0.1) is 5.52 Å². The molecule has 3 rings (SSSR count). The molecule has 1 aromatic heterocycles. The third-order valence-corrected chi connectivity index (χ3v) is 4.39. The van der Waals surface area contributed by atoms with Gasteiger partial charge in [0.25, 0.3) is 0 Å². The molecular weight excluding hydrogens is 270 g/mol. The monoisotopic (exact) mass is 295 g/mol. The van der Waals surface area contributed by atoms with Gasteiger partial charge in [0.1, 0.15) is 5.82 Å². The van der Waals surface area contributed by atoms with E-state index in [2.05, 4.69) is 30.0 Å². The fourth-order valence-electron chi connectivity index (χ4n) is 3.14. The number of hydrogen-bond donors (Lipinski definition) is 0. The van der Waals surface area contributed by atoms with E-state index >= 15 is 0 Å². The fraction of sp³-hybridized carbons (Fsp3) is 0.474. The van der Waals surface area contributed by atoms with Crippen molar-refractivity contribution in [2.45, 2.75) is 46.0 Å². The van der Waals surface area contributed by atoms with Crippen LogP contribution in [0.25, 0.3) is 17.0 Å². The van der Waals surface area contributed by atoms with Crippen LogP contribution in [0.4, 0.5) is 5.82 Å². The number of nitrogens with zero attached hydrogens (tertiary/aromatic N) is 3. The summed E-state index contributed by atoms with van der Waals surface area (Å²) in [6.07, 6.45) is 10.2. The molecule has 1 aliphatic heterocycles. The molecular formula is C19H25N3. The lowest BCUT2D eigenvalue weighted by molar-refractivity contribution is 0.726. The summed E-state index contributed by atoms with van der Waals surface area (Å²) < 4.78 is 0. The first kappa shape index (κ1) is 15.0. The minimum atomic E-state index is 0.822. The highest BCUT2D eigenvalue weighted by atomic mass is 15.2. The summed E-state index contributed by atoms with van der Waals surface area (Å²) in [6, 6.07) is 6.63. The van der Waals surface area contributed by atoms with Crippen molar-refractivity contribution >= 4 is 22.8 Å². The van der Waals surface area contributed by atoms with Crippen molar-refractivity contribution in [3.8, 4) is 0 Å². The van der Waals surface area contributed by atoms with Gasteiger partial charge in [-0.2, -0.15) is 0 Å². The highest BCUT2D eigenvalue weighted by molar-refractivity contribution is 5.90. The predicted molar refractivity (Wildman–Crippen MR) is 94.3 cm³/mol. The number of hydrogen-bond acceptors (Lipinski definition) is 3. The van der Waals surface area contributed by atoms with E-state index in [1.807, 2.05) is 19.1 Å². The largest absolute Gasteiger partial charge is 0.356 e. The van der Waals surface area contributed by atoms with Crippen molar-refractivity contribution < 1.29 is 0 Å². The molecule has 0 bridgehead atoms. The van der Waals surface area contributed by atoms with Crippen LogP contribution in [0.1, 0.15) is 50.9 Å². The Labute approximate surface area is 133 Å². The first-order chi connectivity index (χ1) is 10.8. The summed E-state index contributed by atoms with van der Waals surface area (Å²) >= 11 is 0. The molecule has 0 atom stereocenters. The molecule has 0 aliphatic carbocycles. The zero-order valence-corrected chi connectivity index (χ0v) is 13.7. The highest BCUT2D eigenvalue weighted by Crippen LogP contribution is 2.27. The Morgan fingerprint density at radius 3 is 2.55 bits per heavy atom. The minimum absolute atomic E-state index is 0.822. The Kier molecular flexibility index (Phi) is 4.71. The van der Waals surface area contributed by atoms with Crippen LogP contribution in [0.3, 0.4) is 0 Å². The number of rotatable bonds is 3. The number of anilines is 1.